The SMILES string of the molecule is Cc1ccc(OCC(C)(O)C(C)C)c([N+](=O)[O-])c1. The minimum Gasteiger partial charge on any atom is -0.484 e. The van der Waals surface area contributed by atoms with Crippen LogP contribution in [0.1, 0.15) is 26.3 Å². The Balaban J connectivity index is 2.89. The molecule has 0 fully saturated rings. The van der Waals surface area contributed by atoms with Crippen LogP contribution in [0.4, 0.5) is 5.69 Å². The van der Waals surface area contributed by atoms with Gasteiger partial charge in [0.25, 0.3) is 0 Å². The molecule has 0 radical (unpaired) electrons. The molecule has 0 amide bonds. The molecule has 1 aromatic carbocycles. The highest BCUT2D eigenvalue weighted by Gasteiger charge is 2.27. The number of aryl methyl sites for hydroxylation is 1. The highest BCUT2D eigenvalue weighted by Crippen LogP contribution is 2.29. The summed E-state index contributed by atoms with van der Waals surface area (Å²) in [6.45, 7) is 7.19. The van der Waals surface area contributed by atoms with E-state index in [1.165, 1.54) is 6.07 Å². The predicted octanol–water partition coefficient (Wildman–Crippen LogP) is 2.69. The highest BCUT2D eigenvalue weighted by molar-refractivity contribution is 5.48. The van der Waals surface area contributed by atoms with Gasteiger partial charge in [-0.25, -0.2) is 0 Å². The van der Waals surface area contributed by atoms with Crippen LogP contribution in [-0.2, 0) is 0 Å². The number of hydrogen-bond donors (Lipinski definition) is 1. The molecule has 1 unspecified atom stereocenters. The van der Waals surface area contributed by atoms with Crippen LogP contribution in [0.15, 0.2) is 18.2 Å². The van der Waals surface area contributed by atoms with Crippen molar-refractivity contribution in [3.63, 3.8) is 0 Å². The minimum absolute atomic E-state index is 0.00186. The molecule has 0 spiro atoms. The molecule has 0 aliphatic carbocycles. The number of hydrogen-bond acceptors (Lipinski definition) is 4. The molecule has 1 atom stereocenters. The molecule has 100 valence electrons. The summed E-state index contributed by atoms with van der Waals surface area (Å²) in [5, 5.41) is 20.9. The molecular formula is C13H19NO4. The predicted molar refractivity (Wildman–Crippen MR) is 68.8 cm³/mol. The third-order valence-electron chi connectivity index (χ3n) is 3.07. The van der Waals surface area contributed by atoms with E-state index in [0.717, 1.165) is 5.56 Å². The first-order chi connectivity index (χ1) is 8.24. The van der Waals surface area contributed by atoms with Crippen LogP contribution < -0.4 is 4.74 Å². The second kappa shape index (κ2) is 5.35. The lowest BCUT2D eigenvalue weighted by Crippen LogP contribution is -2.37. The molecule has 0 aliphatic rings. The van der Waals surface area contributed by atoms with Crippen LogP contribution in [-0.4, -0.2) is 22.2 Å². The van der Waals surface area contributed by atoms with Gasteiger partial charge in [-0.1, -0.05) is 19.9 Å². The number of nitrogens with zero attached hydrogens (tertiary/aromatic N) is 1. The first-order valence-electron chi connectivity index (χ1n) is 5.84. The van der Waals surface area contributed by atoms with Gasteiger partial charge in [-0.2, -0.15) is 0 Å². The van der Waals surface area contributed by atoms with E-state index >= 15 is 0 Å². The molecule has 0 heterocycles. The van der Waals surface area contributed by atoms with Gasteiger partial charge < -0.3 is 9.84 Å². The van der Waals surface area contributed by atoms with Crippen molar-refractivity contribution in [3.8, 4) is 5.75 Å². The van der Waals surface area contributed by atoms with E-state index in [0.29, 0.717) is 0 Å². The number of aliphatic hydroxyl groups is 1. The van der Waals surface area contributed by atoms with Gasteiger partial charge in [0.2, 0.25) is 0 Å². The Morgan fingerprint density at radius 2 is 2.11 bits per heavy atom. The van der Waals surface area contributed by atoms with Gasteiger partial charge in [0.1, 0.15) is 6.61 Å². The third-order valence-corrected chi connectivity index (χ3v) is 3.07. The fraction of sp³-hybridized carbons (Fsp3) is 0.538. The van der Waals surface area contributed by atoms with Gasteiger partial charge in [-0.05, 0) is 31.4 Å². The van der Waals surface area contributed by atoms with Crippen molar-refractivity contribution >= 4 is 5.69 Å². The molecule has 0 bridgehead atoms. The van der Waals surface area contributed by atoms with E-state index in [2.05, 4.69) is 0 Å². The maximum absolute atomic E-state index is 10.9. The second-order valence-corrected chi connectivity index (χ2v) is 5.03. The maximum atomic E-state index is 10.9. The van der Waals surface area contributed by atoms with Gasteiger partial charge in [-0.15, -0.1) is 0 Å². The number of rotatable bonds is 5. The Hall–Kier alpha value is -1.62. The van der Waals surface area contributed by atoms with Crippen LogP contribution in [0.5, 0.6) is 5.75 Å². The monoisotopic (exact) mass is 253 g/mol. The van der Waals surface area contributed by atoms with Crippen molar-refractivity contribution in [3.05, 3.63) is 33.9 Å². The van der Waals surface area contributed by atoms with E-state index in [1.807, 2.05) is 13.8 Å². The molecule has 0 saturated carbocycles. The normalized spacial score (nSPS) is 14.3. The van der Waals surface area contributed by atoms with Crippen molar-refractivity contribution in [1.82, 2.24) is 0 Å². The molecule has 5 nitrogen and oxygen atoms in total. The molecule has 1 N–H and O–H groups in total. The minimum atomic E-state index is -1.02. The van der Waals surface area contributed by atoms with Crippen molar-refractivity contribution in [2.75, 3.05) is 6.61 Å². The summed E-state index contributed by atoms with van der Waals surface area (Å²) in [6, 6.07) is 4.76. The Bertz CT molecular complexity index is 441. The lowest BCUT2D eigenvalue weighted by atomic mass is 9.94. The zero-order valence-corrected chi connectivity index (χ0v) is 11.1. The second-order valence-electron chi connectivity index (χ2n) is 5.03. The smallest absolute Gasteiger partial charge is 0.311 e. The van der Waals surface area contributed by atoms with Gasteiger partial charge in [0.05, 0.1) is 10.5 Å². The highest BCUT2D eigenvalue weighted by atomic mass is 16.6. The Morgan fingerprint density at radius 3 is 2.61 bits per heavy atom. The van der Waals surface area contributed by atoms with E-state index in [-0.39, 0.29) is 24.0 Å². The summed E-state index contributed by atoms with van der Waals surface area (Å²) >= 11 is 0. The standard InChI is InChI=1S/C13H19NO4/c1-9(2)13(4,15)8-18-12-6-5-10(3)7-11(12)14(16)17/h5-7,9,15H,8H2,1-4H3. The van der Waals surface area contributed by atoms with E-state index < -0.39 is 10.5 Å². The molecule has 0 saturated heterocycles. The lowest BCUT2D eigenvalue weighted by Gasteiger charge is -2.27. The number of ether oxygens (including phenoxy) is 1. The van der Waals surface area contributed by atoms with Gasteiger partial charge in [0.15, 0.2) is 5.75 Å². The Labute approximate surface area is 107 Å². The fourth-order valence-corrected chi connectivity index (χ4v) is 1.28. The van der Waals surface area contributed by atoms with Crippen LogP contribution in [0.25, 0.3) is 0 Å². The number of benzene rings is 1. The quantitative estimate of drug-likeness (QED) is 0.646. The molecular weight excluding hydrogens is 234 g/mol. The van der Waals surface area contributed by atoms with Crippen LogP contribution >= 0.6 is 0 Å². The molecule has 18 heavy (non-hydrogen) atoms. The van der Waals surface area contributed by atoms with Crippen molar-refractivity contribution in [2.45, 2.75) is 33.3 Å². The van der Waals surface area contributed by atoms with E-state index in [4.69, 9.17) is 4.74 Å². The average Bonchev–Trinajstić information content (AvgIpc) is 2.27. The summed E-state index contributed by atoms with van der Waals surface area (Å²) in [7, 11) is 0. The first kappa shape index (κ1) is 14.4. The van der Waals surface area contributed by atoms with Crippen LogP contribution in [0.3, 0.4) is 0 Å². The topological polar surface area (TPSA) is 72.6 Å². The number of nitro benzene ring substituents is 1. The number of nitro groups is 1. The summed E-state index contributed by atoms with van der Waals surface area (Å²) in [5.41, 5.74) is -0.294. The third kappa shape index (κ3) is 3.43. The summed E-state index contributed by atoms with van der Waals surface area (Å²) < 4.78 is 5.39. The summed E-state index contributed by atoms with van der Waals surface area (Å²) in [6.07, 6.45) is 0. The summed E-state index contributed by atoms with van der Waals surface area (Å²) in [5.74, 6) is 0.188. The lowest BCUT2D eigenvalue weighted by molar-refractivity contribution is -0.386. The van der Waals surface area contributed by atoms with Gasteiger partial charge in [-0.3, -0.25) is 10.1 Å². The molecule has 1 aromatic rings. The zero-order valence-electron chi connectivity index (χ0n) is 11.1. The Morgan fingerprint density at radius 1 is 1.50 bits per heavy atom. The van der Waals surface area contributed by atoms with Crippen LogP contribution in [0.2, 0.25) is 0 Å². The maximum Gasteiger partial charge on any atom is 0.311 e. The van der Waals surface area contributed by atoms with E-state index in [1.54, 1.807) is 26.0 Å². The van der Waals surface area contributed by atoms with E-state index in [9.17, 15) is 15.2 Å². The van der Waals surface area contributed by atoms with Crippen molar-refractivity contribution in [1.29, 1.82) is 0 Å². The average molecular weight is 253 g/mol. The molecule has 0 aliphatic heterocycles. The fourth-order valence-electron chi connectivity index (χ4n) is 1.28. The first-order valence-corrected chi connectivity index (χ1v) is 5.84. The van der Waals surface area contributed by atoms with Crippen LogP contribution in [0, 0.1) is 23.0 Å². The van der Waals surface area contributed by atoms with Crippen molar-refractivity contribution < 1.29 is 14.8 Å². The zero-order chi connectivity index (χ0) is 13.9. The summed E-state index contributed by atoms with van der Waals surface area (Å²) in [4.78, 5) is 10.4. The molecule has 1 rings (SSSR count). The largest absolute Gasteiger partial charge is 0.484 e. The molecule has 0 aromatic heterocycles. The molecule has 5 heteroatoms. The van der Waals surface area contributed by atoms with Crippen molar-refractivity contribution in [2.24, 2.45) is 5.92 Å². The van der Waals surface area contributed by atoms with Gasteiger partial charge >= 0.3 is 5.69 Å². The van der Waals surface area contributed by atoms with Gasteiger partial charge in [0, 0.05) is 6.07 Å². The Kier molecular flexibility index (Phi) is 4.29.